The smallest absolute Gasteiger partial charge is 0.425 e. The normalized spacial score (nSPS) is 19.8. The average molecular weight is 444 g/mol. The molecule has 0 radical (unpaired) electrons. The molecule has 0 saturated heterocycles. The fourth-order valence-corrected chi connectivity index (χ4v) is 3.64. The summed E-state index contributed by atoms with van der Waals surface area (Å²) in [6.07, 6.45) is -5.98. The van der Waals surface area contributed by atoms with Crippen LogP contribution in [0.2, 0.25) is 0 Å². The SMILES string of the molecule is CCCOC1CCC(c2ccccc2OC(F)(F)C(F)(F)Oc2ccc(F)cc2)CC1. The van der Waals surface area contributed by atoms with Crippen molar-refractivity contribution >= 4 is 0 Å². The largest absolute Gasteiger partial charge is 0.507 e. The molecule has 0 unspecified atom stereocenters. The van der Waals surface area contributed by atoms with E-state index in [0.29, 0.717) is 25.0 Å². The van der Waals surface area contributed by atoms with Crippen LogP contribution in [0.25, 0.3) is 0 Å². The summed E-state index contributed by atoms with van der Waals surface area (Å²) in [6.45, 7) is 2.69. The number of hydrogen-bond donors (Lipinski definition) is 0. The molecule has 2 aromatic carbocycles. The third kappa shape index (κ3) is 5.87. The zero-order chi connectivity index (χ0) is 22.5. The van der Waals surface area contributed by atoms with Crippen molar-refractivity contribution in [3.05, 3.63) is 59.9 Å². The summed E-state index contributed by atoms with van der Waals surface area (Å²) in [6, 6.07) is 9.31. The molecule has 3 rings (SSSR count). The molecule has 1 aliphatic carbocycles. The zero-order valence-corrected chi connectivity index (χ0v) is 17.1. The van der Waals surface area contributed by atoms with Crippen molar-refractivity contribution in [3.63, 3.8) is 0 Å². The van der Waals surface area contributed by atoms with E-state index < -0.39 is 23.8 Å². The highest BCUT2D eigenvalue weighted by Gasteiger charge is 2.63. The number of para-hydroxylation sites is 1. The van der Waals surface area contributed by atoms with Gasteiger partial charge in [-0.1, -0.05) is 25.1 Å². The van der Waals surface area contributed by atoms with Crippen molar-refractivity contribution in [2.24, 2.45) is 0 Å². The van der Waals surface area contributed by atoms with E-state index in [0.717, 1.165) is 43.5 Å². The molecule has 170 valence electrons. The van der Waals surface area contributed by atoms with Crippen molar-refractivity contribution in [2.45, 2.75) is 63.3 Å². The minimum Gasteiger partial charge on any atom is -0.425 e. The Labute approximate surface area is 178 Å². The van der Waals surface area contributed by atoms with Crippen LogP contribution in [-0.2, 0) is 4.74 Å². The van der Waals surface area contributed by atoms with Crippen molar-refractivity contribution in [3.8, 4) is 11.5 Å². The van der Waals surface area contributed by atoms with Gasteiger partial charge in [0.1, 0.15) is 17.3 Å². The maximum Gasteiger partial charge on any atom is 0.507 e. The average Bonchev–Trinajstić information content (AvgIpc) is 2.74. The summed E-state index contributed by atoms with van der Waals surface area (Å²) >= 11 is 0. The molecular weight excluding hydrogens is 419 g/mol. The van der Waals surface area contributed by atoms with Crippen LogP contribution < -0.4 is 9.47 Å². The van der Waals surface area contributed by atoms with E-state index in [4.69, 9.17) is 4.74 Å². The van der Waals surface area contributed by atoms with Crippen LogP contribution in [0.1, 0.15) is 50.5 Å². The Balaban J connectivity index is 1.71. The number of alkyl halides is 4. The second kappa shape index (κ2) is 9.85. The van der Waals surface area contributed by atoms with E-state index in [9.17, 15) is 22.0 Å². The fraction of sp³-hybridized carbons (Fsp3) is 0.478. The van der Waals surface area contributed by atoms with Crippen LogP contribution >= 0.6 is 0 Å². The predicted octanol–water partition coefficient (Wildman–Crippen LogP) is 6.92. The van der Waals surface area contributed by atoms with Crippen molar-refractivity contribution in [1.29, 1.82) is 0 Å². The van der Waals surface area contributed by atoms with Crippen molar-refractivity contribution in [2.75, 3.05) is 6.61 Å². The molecule has 0 spiro atoms. The van der Waals surface area contributed by atoms with Crippen LogP contribution in [-0.4, -0.2) is 24.9 Å². The number of halogens is 5. The molecule has 1 aliphatic rings. The lowest BCUT2D eigenvalue weighted by atomic mass is 9.82. The maximum atomic E-state index is 14.4. The van der Waals surface area contributed by atoms with Gasteiger partial charge in [0.05, 0.1) is 6.10 Å². The van der Waals surface area contributed by atoms with Crippen LogP contribution in [0.3, 0.4) is 0 Å². The highest BCUT2D eigenvalue weighted by molar-refractivity contribution is 5.37. The van der Waals surface area contributed by atoms with Gasteiger partial charge >= 0.3 is 12.2 Å². The monoisotopic (exact) mass is 444 g/mol. The third-order valence-electron chi connectivity index (χ3n) is 5.23. The van der Waals surface area contributed by atoms with Crippen LogP contribution in [0.5, 0.6) is 11.5 Å². The molecule has 0 heterocycles. The Hall–Kier alpha value is -2.35. The van der Waals surface area contributed by atoms with Gasteiger partial charge in [-0.05, 0) is 73.9 Å². The number of hydrogen-bond acceptors (Lipinski definition) is 3. The molecule has 0 aliphatic heterocycles. The minimum absolute atomic E-state index is 0.0971. The first-order valence-corrected chi connectivity index (χ1v) is 10.3. The van der Waals surface area contributed by atoms with Crippen molar-refractivity contribution in [1.82, 2.24) is 0 Å². The molecule has 31 heavy (non-hydrogen) atoms. The van der Waals surface area contributed by atoms with Crippen LogP contribution in [0.15, 0.2) is 48.5 Å². The molecule has 0 bridgehead atoms. The van der Waals surface area contributed by atoms with Crippen molar-refractivity contribution < 1.29 is 36.2 Å². The summed E-state index contributed by atoms with van der Waals surface area (Å²) in [5.74, 6) is -1.72. The van der Waals surface area contributed by atoms with E-state index >= 15 is 0 Å². The standard InChI is InChI=1S/C23H25F5O3/c1-2-15-29-18-11-7-16(8-12-18)20-5-3-4-6-21(20)31-23(27,28)22(25,26)30-19-13-9-17(24)10-14-19/h3-6,9-10,13-14,16,18H,2,7-8,11-12,15H2,1H3. The zero-order valence-electron chi connectivity index (χ0n) is 17.1. The van der Waals surface area contributed by atoms with Gasteiger partial charge in [0.25, 0.3) is 0 Å². The summed E-state index contributed by atoms with van der Waals surface area (Å²) in [4.78, 5) is 0. The first kappa shape index (κ1) is 23.3. The Kier molecular flexibility index (Phi) is 7.41. The molecule has 1 fully saturated rings. The van der Waals surface area contributed by atoms with E-state index in [-0.39, 0.29) is 17.8 Å². The molecule has 3 nitrogen and oxygen atoms in total. The van der Waals surface area contributed by atoms with E-state index in [1.54, 1.807) is 12.1 Å². The second-order valence-electron chi connectivity index (χ2n) is 7.57. The van der Waals surface area contributed by atoms with E-state index in [1.165, 1.54) is 12.1 Å². The Bertz CT molecular complexity index is 833. The third-order valence-corrected chi connectivity index (χ3v) is 5.23. The summed E-state index contributed by atoms with van der Waals surface area (Å²) in [5.41, 5.74) is 0.452. The molecule has 8 heteroatoms. The molecule has 2 aromatic rings. The van der Waals surface area contributed by atoms with Crippen LogP contribution in [0.4, 0.5) is 22.0 Å². The lowest BCUT2D eigenvalue weighted by Gasteiger charge is -2.31. The van der Waals surface area contributed by atoms with E-state index in [2.05, 4.69) is 9.47 Å². The van der Waals surface area contributed by atoms with Gasteiger partial charge in [-0.3, -0.25) is 0 Å². The quantitative estimate of drug-likeness (QED) is 0.393. The van der Waals surface area contributed by atoms with Gasteiger partial charge in [-0.15, -0.1) is 0 Å². The summed E-state index contributed by atoms with van der Waals surface area (Å²) in [5, 5.41) is 0. The number of ether oxygens (including phenoxy) is 3. The lowest BCUT2D eigenvalue weighted by Crippen LogP contribution is -2.49. The Morgan fingerprint density at radius 2 is 1.45 bits per heavy atom. The molecule has 0 N–H and O–H groups in total. The van der Waals surface area contributed by atoms with Gasteiger partial charge in [0, 0.05) is 6.61 Å². The van der Waals surface area contributed by atoms with E-state index in [1.807, 2.05) is 6.92 Å². The summed E-state index contributed by atoms with van der Waals surface area (Å²) < 4.78 is 84.6. The van der Waals surface area contributed by atoms with Gasteiger partial charge in [-0.25, -0.2) is 4.39 Å². The summed E-state index contributed by atoms with van der Waals surface area (Å²) in [7, 11) is 0. The van der Waals surface area contributed by atoms with Gasteiger partial charge in [0.15, 0.2) is 0 Å². The van der Waals surface area contributed by atoms with Gasteiger partial charge < -0.3 is 14.2 Å². The molecule has 0 aromatic heterocycles. The topological polar surface area (TPSA) is 27.7 Å². The Morgan fingerprint density at radius 3 is 2.10 bits per heavy atom. The second-order valence-corrected chi connectivity index (χ2v) is 7.57. The van der Waals surface area contributed by atoms with Crippen LogP contribution in [0, 0.1) is 5.82 Å². The highest BCUT2D eigenvalue weighted by atomic mass is 19.3. The fourth-order valence-electron chi connectivity index (χ4n) is 3.64. The molecule has 1 saturated carbocycles. The Morgan fingerprint density at radius 1 is 0.839 bits per heavy atom. The van der Waals surface area contributed by atoms with Gasteiger partial charge in [-0.2, -0.15) is 17.6 Å². The molecule has 0 amide bonds. The predicted molar refractivity (Wildman–Crippen MR) is 105 cm³/mol. The first-order chi connectivity index (χ1) is 14.7. The number of rotatable bonds is 9. The minimum atomic E-state index is -4.97. The number of benzene rings is 2. The first-order valence-electron chi connectivity index (χ1n) is 10.3. The highest BCUT2D eigenvalue weighted by Crippen LogP contribution is 2.43. The molecular formula is C23H25F5O3. The lowest BCUT2D eigenvalue weighted by molar-refractivity contribution is -0.379. The molecule has 0 atom stereocenters. The van der Waals surface area contributed by atoms with Gasteiger partial charge in [0.2, 0.25) is 0 Å². The maximum absolute atomic E-state index is 14.4.